The number of hydrogen-bond acceptors (Lipinski definition) is 8. The second kappa shape index (κ2) is 11.7. The van der Waals surface area contributed by atoms with Gasteiger partial charge in [0.05, 0.1) is 15.6 Å². The van der Waals surface area contributed by atoms with Crippen molar-refractivity contribution in [3.05, 3.63) is 87.2 Å². The molecule has 5 rings (SSSR count). The molecule has 0 N–H and O–H groups in total. The van der Waals surface area contributed by atoms with E-state index in [0.29, 0.717) is 17.3 Å². The molecule has 15 heteroatoms. The number of benzene rings is 2. The molecule has 0 saturated heterocycles. The largest absolute Gasteiger partial charge is 0.473 e. The molecule has 4 aromatic rings. The second-order valence-corrected chi connectivity index (χ2v) is 12.7. The van der Waals surface area contributed by atoms with E-state index in [0.717, 1.165) is 23.8 Å². The van der Waals surface area contributed by atoms with Crippen LogP contribution in [0, 0.1) is 0 Å². The van der Waals surface area contributed by atoms with Crippen LogP contribution in [0.5, 0.6) is 11.8 Å². The Morgan fingerprint density at radius 2 is 1.70 bits per heavy atom. The number of carbonyl (C=O) groups is 2. The molecule has 0 bridgehead atoms. The Bertz CT molecular complexity index is 1870. The van der Waals surface area contributed by atoms with Gasteiger partial charge in [0.25, 0.3) is 0 Å². The summed E-state index contributed by atoms with van der Waals surface area (Å²) in [6, 6.07) is 11.6. The van der Waals surface area contributed by atoms with Crippen LogP contribution in [0.1, 0.15) is 62.0 Å². The Morgan fingerprint density at radius 3 is 2.30 bits per heavy atom. The normalized spacial score (nSPS) is 13.6. The van der Waals surface area contributed by atoms with Crippen LogP contribution in [0.15, 0.2) is 53.4 Å². The van der Waals surface area contributed by atoms with Gasteiger partial charge in [0.2, 0.25) is 17.5 Å². The number of sulfone groups is 1. The van der Waals surface area contributed by atoms with E-state index in [1.165, 1.54) is 23.9 Å². The van der Waals surface area contributed by atoms with Gasteiger partial charge in [-0.2, -0.15) is 23.4 Å². The predicted octanol–water partition coefficient (Wildman–Crippen LogP) is 5.18. The van der Waals surface area contributed by atoms with Crippen molar-refractivity contribution in [2.75, 3.05) is 12.9 Å². The van der Waals surface area contributed by atoms with Crippen molar-refractivity contribution < 1.29 is 40.7 Å². The van der Waals surface area contributed by atoms with E-state index in [1.54, 1.807) is 37.4 Å². The Kier molecular flexibility index (Phi) is 8.33. The topological polar surface area (TPSA) is 122 Å². The standard InChI is InChI=1S/C29H26ClF3N4O6S/c1-36-23(13-22(34-36)29(31,32)33)42-14-19-21(44(3,40)41)12-11-18(25(19)30)27(39)24-26(17-9-10-17)35-37(2)28(24)43-15-20(38)16-7-5-4-6-8-16/h4-8,11-13,17H,9-10,14-15H2,1-3H3. The van der Waals surface area contributed by atoms with Gasteiger partial charge in [0.1, 0.15) is 12.2 Å². The van der Waals surface area contributed by atoms with E-state index in [1.807, 2.05) is 0 Å². The fourth-order valence-electron chi connectivity index (χ4n) is 4.66. The molecule has 232 valence electrons. The first-order valence-corrected chi connectivity index (χ1v) is 15.5. The third kappa shape index (κ3) is 6.36. The SMILES string of the molecule is Cn1nc(C(F)(F)F)cc1OCc1c(S(C)(=O)=O)ccc(C(=O)c2c(C3CC3)nn(C)c2OCC(=O)c2ccccc2)c1Cl. The molecule has 2 aromatic heterocycles. The maximum Gasteiger partial charge on any atom is 0.435 e. The van der Waals surface area contributed by atoms with Crippen molar-refractivity contribution in [3.63, 3.8) is 0 Å². The summed E-state index contributed by atoms with van der Waals surface area (Å²) in [5.41, 5.74) is -0.477. The molecule has 2 heterocycles. The lowest BCUT2D eigenvalue weighted by Crippen LogP contribution is -2.16. The molecule has 1 saturated carbocycles. The number of halogens is 4. The highest BCUT2D eigenvalue weighted by atomic mass is 35.5. The van der Waals surface area contributed by atoms with Crippen molar-refractivity contribution in [3.8, 4) is 11.8 Å². The first-order valence-electron chi connectivity index (χ1n) is 13.2. The number of aromatic nitrogens is 4. The van der Waals surface area contributed by atoms with E-state index in [9.17, 15) is 31.2 Å². The lowest BCUT2D eigenvalue weighted by molar-refractivity contribution is -0.141. The minimum atomic E-state index is -4.73. The van der Waals surface area contributed by atoms with Gasteiger partial charge >= 0.3 is 6.18 Å². The third-order valence-electron chi connectivity index (χ3n) is 6.98. The number of aryl methyl sites for hydroxylation is 2. The Balaban J connectivity index is 1.51. The number of alkyl halides is 3. The zero-order valence-corrected chi connectivity index (χ0v) is 25.3. The van der Waals surface area contributed by atoms with E-state index in [2.05, 4.69) is 10.2 Å². The summed E-state index contributed by atoms with van der Waals surface area (Å²) in [6.07, 6.45) is -2.23. The minimum Gasteiger partial charge on any atom is -0.473 e. The van der Waals surface area contributed by atoms with Crippen LogP contribution < -0.4 is 9.47 Å². The fourth-order valence-corrected chi connectivity index (χ4v) is 5.94. The summed E-state index contributed by atoms with van der Waals surface area (Å²) in [6.45, 7) is -0.963. The van der Waals surface area contributed by atoms with Crippen LogP contribution in [-0.2, 0) is 36.7 Å². The average molecular weight is 651 g/mol. The molecule has 2 aromatic carbocycles. The van der Waals surface area contributed by atoms with E-state index >= 15 is 0 Å². The van der Waals surface area contributed by atoms with Crippen molar-refractivity contribution in [1.82, 2.24) is 19.6 Å². The molecule has 0 amide bonds. The number of ether oxygens (including phenoxy) is 2. The molecule has 44 heavy (non-hydrogen) atoms. The Labute approximate surface area is 255 Å². The summed E-state index contributed by atoms with van der Waals surface area (Å²) >= 11 is 6.67. The van der Waals surface area contributed by atoms with E-state index in [4.69, 9.17) is 21.1 Å². The van der Waals surface area contributed by atoms with Gasteiger partial charge in [-0.15, -0.1) is 0 Å². The first-order chi connectivity index (χ1) is 20.7. The monoisotopic (exact) mass is 650 g/mol. The van der Waals surface area contributed by atoms with Crippen LogP contribution in [0.2, 0.25) is 5.02 Å². The van der Waals surface area contributed by atoms with Gasteiger partial charge in [0, 0.05) is 49.0 Å². The first kappa shape index (κ1) is 31.3. The molecule has 10 nitrogen and oxygen atoms in total. The molecule has 1 fully saturated rings. The third-order valence-corrected chi connectivity index (χ3v) is 8.60. The van der Waals surface area contributed by atoms with Crippen LogP contribution in [0.3, 0.4) is 0 Å². The molecule has 0 atom stereocenters. The molecular weight excluding hydrogens is 625 g/mol. The molecule has 1 aliphatic carbocycles. The lowest BCUT2D eigenvalue weighted by atomic mass is 9.99. The molecular formula is C29H26ClF3N4O6S. The van der Waals surface area contributed by atoms with Crippen molar-refractivity contribution in [1.29, 1.82) is 0 Å². The number of ketones is 2. The lowest BCUT2D eigenvalue weighted by Gasteiger charge is -2.15. The quantitative estimate of drug-likeness (QED) is 0.204. The van der Waals surface area contributed by atoms with E-state index < -0.39 is 34.1 Å². The number of nitrogens with zero attached hydrogens (tertiary/aromatic N) is 4. The summed E-state index contributed by atoms with van der Waals surface area (Å²) in [5.74, 6) is -1.24. The van der Waals surface area contributed by atoms with Gasteiger partial charge in [0.15, 0.2) is 27.9 Å². The smallest absolute Gasteiger partial charge is 0.435 e. The van der Waals surface area contributed by atoms with Crippen LogP contribution in [0.25, 0.3) is 0 Å². The molecule has 1 aliphatic rings. The Morgan fingerprint density at radius 1 is 1.02 bits per heavy atom. The minimum absolute atomic E-state index is 0.0214. The van der Waals surface area contributed by atoms with Gasteiger partial charge < -0.3 is 9.47 Å². The zero-order chi connectivity index (χ0) is 32.0. The van der Waals surface area contributed by atoms with Crippen molar-refractivity contribution >= 4 is 33.0 Å². The number of rotatable bonds is 11. The number of Topliss-reactive ketones (excluding diaryl/α,β-unsaturated/α-hetero) is 1. The van der Waals surface area contributed by atoms with Crippen LogP contribution >= 0.6 is 11.6 Å². The average Bonchev–Trinajstić information content (AvgIpc) is 3.65. The number of hydrogen-bond donors (Lipinski definition) is 0. The summed E-state index contributed by atoms with van der Waals surface area (Å²) in [7, 11) is -1.11. The predicted molar refractivity (Wildman–Crippen MR) is 152 cm³/mol. The molecule has 0 radical (unpaired) electrons. The van der Waals surface area contributed by atoms with Crippen LogP contribution in [0.4, 0.5) is 13.2 Å². The van der Waals surface area contributed by atoms with E-state index in [-0.39, 0.29) is 56.7 Å². The van der Waals surface area contributed by atoms with Crippen LogP contribution in [-0.4, -0.2) is 52.4 Å². The summed E-state index contributed by atoms with van der Waals surface area (Å²) < 4.78 is 78.2. The van der Waals surface area contributed by atoms with Gasteiger partial charge in [-0.05, 0) is 25.0 Å². The highest BCUT2D eigenvalue weighted by Crippen LogP contribution is 2.44. The van der Waals surface area contributed by atoms with Gasteiger partial charge in [-0.1, -0.05) is 41.9 Å². The number of carbonyl (C=O) groups excluding carboxylic acids is 2. The van der Waals surface area contributed by atoms with Gasteiger partial charge in [-0.25, -0.2) is 17.8 Å². The maximum atomic E-state index is 14.1. The zero-order valence-electron chi connectivity index (χ0n) is 23.7. The molecule has 0 spiro atoms. The highest BCUT2D eigenvalue weighted by Gasteiger charge is 2.37. The van der Waals surface area contributed by atoms with Gasteiger partial charge in [-0.3, -0.25) is 9.59 Å². The summed E-state index contributed by atoms with van der Waals surface area (Å²) in [4.78, 5) is 26.6. The van der Waals surface area contributed by atoms with Crippen molar-refractivity contribution in [2.45, 2.75) is 36.4 Å². The van der Waals surface area contributed by atoms with Crippen molar-refractivity contribution in [2.24, 2.45) is 14.1 Å². The molecule has 0 aliphatic heterocycles. The maximum absolute atomic E-state index is 14.1. The molecule has 0 unspecified atom stereocenters. The fraction of sp³-hybridized carbons (Fsp3) is 0.310. The highest BCUT2D eigenvalue weighted by molar-refractivity contribution is 7.90. The summed E-state index contributed by atoms with van der Waals surface area (Å²) in [5, 5.41) is 7.59. The Hall–Kier alpha value is -4.17. The second-order valence-electron chi connectivity index (χ2n) is 10.3.